The number of halogens is 1. The van der Waals surface area contributed by atoms with Gasteiger partial charge in [0.05, 0.1) is 33.1 Å². The van der Waals surface area contributed by atoms with Crippen molar-refractivity contribution in [2.75, 3.05) is 45.4 Å². The fourth-order valence-electron chi connectivity index (χ4n) is 2.43. The second-order valence-corrected chi connectivity index (χ2v) is 5.46. The molecule has 0 aliphatic carbocycles. The lowest BCUT2D eigenvalue weighted by Crippen LogP contribution is -2.36. The Bertz CT molecular complexity index is 533. The van der Waals surface area contributed by atoms with Gasteiger partial charge in [0, 0.05) is 18.1 Å². The molecule has 1 aromatic carbocycles. The molecule has 1 fully saturated rings. The zero-order chi connectivity index (χ0) is 16.1. The Morgan fingerprint density at radius 1 is 1.41 bits per heavy atom. The van der Waals surface area contributed by atoms with Crippen LogP contribution in [0.25, 0.3) is 0 Å². The van der Waals surface area contributed by atoms with Gasteiger partial charge in [-0.3, -0.25) is 4.79 Å². The fourth-order valence-corrected chi connectivity index (χ4v) is 2.66. The molecule has 1 unspecified atom stereocenters. The van der Waals surface area contributed by atoms with Gasteiger partial charge in [0.2, 0.25) is 0 Å². The summed E-state index contributed by atoms with van der Waals surface area (Å²) in [4.78, 5) is 13.6. The maximum Gasteiger partial charge on any atom is 0.322 e. The van der Waals surface area contributed by atoms with E-state index in [1.54, 1.807) is 7.11 Å². The van der Waals surface area contributed by atoms with Gasteiger partial charge in [-0.25, -0.2) is 0 Å². The molecule has 6 nitrogen and oxygen atoms in total. The van der Waals surface area contributed by atoms with Crippen molar-refractivity contribution >= 4 is 23.3 Å². The summed E-state index contributed by atoms with van der Waals surface area (Å²) in [6.07, 6.45) is 0.297. The topological polar surface area (TPSA) is 74.0 Å². The molecule has 0 aromatic heterocycles. The number of hydrogen-bond acceptors (Lipinski definition) is 6. The lowest BCUT2D eigenvalue weighted by molar-refractivity contribution is -0.142. The van der Waals surface area contributed by atoms with Gasteiger partial charge in [-0.1, -0.05) is 11.6 Å². The molecule has 1 aliphatic rings. The van der Waals surface area contributed by atoms with Crippen molar-refractivity contribution in [1.29, 1.82) is 0 Å². The van der Waals surface area contributed by atoms with Gasteiger partial charge < -0.3 is 24.8 Å². The molecular weight excluding hydrogens is 308 g/mol. The van der Waals surface area contributed by atoms with E-state index in [0.29, 0.717) is 30.4 Å². The highest BCUT2D eigenvalue weighted by atomic mass is 35.5. The maximum absolute atomic E-state index is 11.5. The molecule has 0 saturated carbocycles. The van der Waals surface area contributed by atoms with Crippen LogP contribution in [0.1, 0.15) is 5.56 Å². The monoisotopic (exact) mass is 328 g/mol. The fraction of sp³-hybridized carbons (Fsp3) is 0.533. The van der Waals surface area contributed by atoms with Crippen LogP contribution < -0.4 is 15.4 Å². The van der Waals surface area contributed by atoms with Crippen LogP contribution in [0.4, 0.5) is 5.69 Å². The SMILES string of the molecule is COC(=O)C(N)Cc1cc(OC)c(N2CCOCC2)cc1Cl. The minimum Gasteiger partial charge on any atom is -0.495 e. The average Bonchev–Trinajstić information content (AvgIpc) is 2.56. The molecule has 1 atom stereocenters. The molecule has 22 heavy (non-hydrogen) atoms. The highest BCUT2D eigenvalue weighted by Crippen LogP contribution is 2.35. The van der Waals surface area contributed by atoms with Crippen LogP contribution in [0.2, 0.25) is 5.02 Å². The van der Waals surface area contributed by atoms with Crippen LogP contribution in [-0.4, -0.2) is 52.5 Å². The molecular formula is C15H21ClN2O4. The van der Waals surface area contributed by atoms with Gasteiger partial charge in [0.1, 0.15) is 11.8 Å². The second kappa shape index (κ2) is 7.67. The molecule has 2 N–H and O–H groups in total. The Labute approximate surface area is 135 Å². The first-order chi connectivity index (χ1) is 10.6. The minimum absolute atomic E-state index is 0.297. The Balaban J connectivity index is 2.24. The number of carbonyl (C=O) groups is 1. The number of benzene rings is 1. The van der Waals surface area contributed by atoms with Gasteiger partial charge in [-0.05, 0) is 24.1 Å². The van der Waals surface area contributed by atoms with Crippen molar-refractivity contribution in [2.24, 2.45) is 5.73 Å². The predicted molar refractivity (Wildman–Crippen MR) is 84.7 cm³/mol. The van der Waals surface area contributed by atoms with Gasteiger partial charge in [-0.2, -0.15) is 0 Å². The number of morpholine rings is 1. The van der Waals surface area contributed by atoms with Crippen molar-refractivity contribution in [2.45, 2.75) is 12.5 Å². The molecule has 1 saturated heterocycles. The van der Waals surface area contributed by atoms with Gasteiger partial charge in [0.25, 0.3) is 0 Å². The predicted octanol–water partition coefficient (Wildman–Crippen LogP) is 1.23. The number of esters is 1. The number of carbonyl (C=O) groups excluding carboxylic acids is 1. The molecule has 2 rings (SSSR count). The maximum atomic E-state index is 11.5. The standard InChI is InChI=1S/C15H21ClN2O4/c1-20-14-8-10(7-12(17)15(19)21-2)11(16)9-13(14)18-3-5-22-6-4-18/h8-9,12H,3-7,17H2,1-2H3. The third-order valence-electron chi connectivity index (χ3n) is 3.64. The molecule has 1 aliphatic heterocycles. The van der Waals surface area contributed by atoms with E-state index < -0.39 is 12.0 Å². The van der Waals surface area contributed by atoms with Crippen molar-refractivity contribution in [1.82, 2.24) is 0 Å². The molecule has 0 spiro atoms. The van der Waals surface area contributed by atoms with E-state index >= 15 is 0 Å². The van der Waals surface area contributed by atoms with Crippen molar-refractivity contribution in [3.8, 4) is 5.75 Å². The van der Waals surface area contributed by atoms with E-state index in [9.17, 15) is 4.79 Å². The second-order valence-electron chi connectivity index (χ2n) is 5.05. The molecule has 0 bridgehead atoms. The van der Waals surface area contributed by atoms with Crippen LogP contribution in [-0.2, 0) is 20.7 Å². The van der Waals surface area contributed by atoms with E-state index in [1.807, 2.05) is 12.1 Å². The Morgan fingerprint density at radius 3 is 2.68 bits per heavy atom. The molecule has 1 heterocycles. The van der Waals surface area contributed by atoms with Crippen LogP contribution in [0.3, 0.4) is 0 Å². The minimum atomic E-state index is -0.749. The van der Waals surface area contributed by atoms with Crippen molar-refractivity contribution in [3.05, 3.63) is 22.7 Å². The van der Waals surface area contributed by atoms with Crippen molar-refractivity contribution in [3.63, 3.8) is 0 Å². The first kappa shape index (κ1) is 16.9. The third-order valence-corrected chi connectivity index (χ3v) is 4.00. The van der Waals surface area contributed by atoms with Gasteiger partial charge in [0.15, 0.2) is 0 Å². The van der Waals surface area contributed by atoms with Crippen LogP contribution in [0.15, 0.2) is 12.1 Å². The summed E-state index contributed by atoms with van der Waals surface area (Å²) in [5.41, 5.74) is 7.48. The molecule has 7 heteroatoms. The van der Waals surface area contributed by atoms with E-state index in [0.717, 1.165) is 24.3 Å². The number of ether oxygens (including phenoxy) is 3. The number of anilines is 1. The molecule has 122 valence electrons. The van der Waals surface area contributed by atoms with E-state index in [-0.39, 0.29) is 0 Å². The number of methoxy groups -OCH3 is 2. The number of hydrogen-bond donors (Lipinski definition) is 1. The highest BCUT2D eigenvalue weighted by molar-refractivity contribution is 6.31. The van der Waals surface area contributed by atoms with Crippen LogP contribution in [0, 0.1) is 0 Å². The number of rotatable bonds is 5. The normalized spacial score (nSPS) is 16.3. The van der Waals surface area contributed by atoms with Crippen molar-refractivity contribution < 1.29 is 19.0 Å². The Kier molecular flexibility index (Phi) is 5.88. The Hall–Kier alpha value is -1.50. The van der Waals surface area contributed by atoms with E-state index in [2.05, 4.69) is 9.64 Å². The zero-order valence-electron chi connectivity index (χ0n) is 12.8. The summed E-state index contributed by atoms with van der Waals surface area (Å²) in [5, 5.41) is 0.557. The lowest BCUT2D eigenvalue weighted by Gasteiger charge is -2.30. The Morgan fingerprint density at radius 2 is 2.09 bits per heavy atom. The zero-order valence-corrected chi connectivity index (χ0v) is 13.6. The quantitative estimate of drug-likeness (QED) is 0.819. The summed E-state index contributed by atoms with van der Waals surface area (Å²) >= 11 is 6.35. The van der Waals surface area contributed by atoms with E-state index in [1.165, 1.54) is 7.11 Å². The van der Waals surface area contributed by atoms with E-state index in [4.69, 9.17) is 26.8 Å². The first-order valence-electron chi connectivity index (χ1n) is 7.09. The first-order valence-corrected chi connectivity index (χ1v) is 7.47. The molecule has 1 aromatic rings. The van der Waals surface area contributed by atoms with Gasteiger partial charge >= 0.3 is 5.97 Å². The smallest absolute Gasteiger partial charge is 0.322 e. The summed E-state index contributed by atoms with van der Waals surface area (Å²) in [7, 11) is 2.92. The molecule has 0 radical (unpaired) electrons. The van der Waals surface area contributed by atoms with Crippen LogP contribution in [0.5, 0.6) is 5.75 Å². The number of nitrogens with zero attached hydrogens (tertiary/aromatic N) is 1. The third kappa shape index (κ3) is 3.82. The largest absolute Gasteiger partial charge is 0.495 e. The lowest BCUT2D eigenvalue weighted by atomic mass is 10.0. The van der Waals surface area contributed by atoms with Gasteiger partial charge in [-0.15, -0.1) is 0 Å². The average molecular weight is 329 g/mol. The summed E-state index contributed by atoms with van der Waals surface area (Å²) in [6, 6.07) is 2.93. The molecule has 0 amide bonds. The summed E-state index contributed by atoms with van der Waals surface area (Å²) in [6.45, 7) is 2.92. The number of nitrogens with two attached hydrogens (primary N) is 1. The highest BCUT2D eigenvalue weighted by Gasteiger charge is 2.21. The summed E-state index contributed by atoms with van der Waals surface area (Å²) in [5.74, 6) is 0.241. The summed E-state index contributed by atoms with van der Waals surface area (Å²) < 4.78 is 15.5. The van der Waals surface area contributed by atoms with Crippen LogP contribution >= 0.6 is 11.6 Å².